The minimum atomic E-state index is -1.15. The molecule has 1 heterocycles. The Morgan fingerprint density at radius 1 is 1.65 bits per heavy atom. The van der Waals surface area contributed by atoms with Gasteiger partial charge in [-0.15, -0.1) is 11.3 Å². The first-order valence-electron chi connectivity index (χ1n) is 5.53. The SMILES string of the molecule is COCC(Nc1ccc2scnc2c1[N+](=O)[O-])C(=O)O. The van der Waals surface area contributed by atoms with E-state index in [1.807, 2.05) is 0 Å². The van der Waals surface area contributed by atoms with Crippen molar-refractivity contribution in [2.75, 3.05) is 19.0 Å². The van der Waals surface area contributed by atoms with Crippen molar-refractivity contribution in [1.29, 1.82) is 0 Å². The summed E-state index contributed by atoms with van der Waals surface area (Å²) in [5.74, 6) is -1.15. The standard InChI is InChI=1S/C11H11N3O5S/c1-19-4-7(11(15)16)13-6-2-3-8-9(12-5-20-8)10(6)14(17)18/h2-3,5,7,13H,4H2,1H3,(H,15,16). The molecule has 1 aromatic carbocycles. The van der Waals surface area contributed by atoms with E-state index in [1.54, 1.807) is 6.07 Å². The number of nitro groups is 1. The van der Waals surface area contributed by atoms with Crippen LogP contribution in [0.25, 0.3) is 10.2 Å². The van der Waals surface area contributed by atoms with E-state index in [4.69, 9.17) is 9.84 Å². The monoisotopic (exact) mass is 297 g/mol. The number of carboxylic acids is 1. The molecular weight excluding hydrogens is 286 g/mol. The number of carbonyl (C=O) groups is 1. The predicted octanol–water partition coefficient (Wildman–Crippen LogP) is 1.72. The van der Waals surface area contributed by atoms with Crippen LogP contribution in [0.2, 0.25) is 0 Å². The summed E-state index contributed by atoms with van der Waals surface area (Å²) in [5, 5.41) is 22.8. The number of hydrogen-bond acceptors (Lipinski definition) is 7. The van der Waals surface area contributed by atoms with Crippen LogP contribution in [-0.2, 0) is 9.53 Å². The average Bonchev–Trinajstić information content (AvgIpc) is 2.85. The van der Waals surface area contributed by atoms with Crippen molar-refractivity contribution in [3.8, 4) is 0 Å². The third-order valence-electron chi connectivity index (χ3n) is 2.62. The Hall–Kier alpha value is -2.26. The molecule has 1 atom stereocenters. The smallest absolute Gasteiger partial charge is 0.328 e. The molecule has 0 radical (unpaired) electrons. The Balaban J connectivity index is 2.45. The van der Waals surface area contributed by atoms with Crippen molar-refractivity contribution in [3.63, 3.8) is 0 Å². The second kappa shape index (κ2) is 5.80. The number of carboxylic acid groups (broad SMARTS) is 1. The number of nitro benzene ring substituents is 1. The van der Waals surface area contributed by atoms with E-state index in [-0.39, 0.29) is 23.5 Å². The molecule has 0 bridgehead atoms. The van der Waals surface area contributed by atoms with Crippen LogP contribution in [0, 0.1) is 10.1 Å². The van der Waals surface area contributed by atoms with E-state index in [9.17, 15) is 14.9 Å². The van der Waals surface area contributed by atoms with Gasteiger partial charge in [-0.25, -0.2) is 9.78 Å². The molecule has 2 aromatic rings. The largest absolute Gasteiger partial charge is 0.480 e. The van der Waals surface area contributed by atoms with E-state index in [2.05, 4.69) is 10.3 Å². The van der Waals surface area contributed by atoms with E-state index < -0.39 is 16.9 Å². The second-order valence-corrected chi connectivity index (χ2v) is 4.79. The highest BCUT2D eigenvalue weighted by Gasteiger charge is 2.25. The van der Waals surface area contributed by atoms with Crippen molar-refractivity contribution in [1.82, 2.24) is 4.98 Å². The maximum absolute atomic E-state index is 11.2. The zero-order valence-corrected chi connectivity index (χ0v) is 11.2. The molecule has 106 valence electrons. The summed E-state index contributed by atoms with van der Waals surface area (Å²) in [5.41, 5.74) is 1.63. The molecule has 0 aliphatic rings. The molecule has 0 fully saturated rings. The number of aliphatic carboxylic acids is 1. The Bertz CT molecular complexity index is 657. The maximum Gasteiger partial charge on any atom is 0.328 e. The Kier molecular flexibility index (Phi) is 4.11. The number of hydrogen-bond donors (Lipinski definition) is 2. The van der Waals surface area contributed by atoms with Gasteiger partial charge in [-0.05, 0) is 12.1 Å². The molecule has 9 heteroatoms. The van der Waals surface area contributed by atoms with E-state index >= 15 is 0 Å². The third kappa shape index (κ3) is 2.68. The van der Waals surface area contributed by atoms with Gasteiger partial charge in [0, 0.05) is 7.11 Å². The van der Waals surface area contributed by atoms with Crippen molar-refractivity contribution in [2.45, 2.75) is 6.04 Å². The van der Waals surface area contributed by atoms with E-state index in [0.717, 1.165) is 0 Å². The van der Waals surface area contributed by atoms with Gasteiger partial charge in [0.25, 0.3) is 0 Å². The fourth-order valence-electron chi connectivity index (χ4n) is 1.75. The van der Waals surface area contributed by atoms with Crippen LogP contribution in [0.1, 0.15) is 0 Å². The number of nitrogens with zero attached hydrogens (tertiary/aromatic N) is 2. The molecule has 0 amide bonds. The van der Waals surface area contributed by atoms with Crippen LogP contribution in [0.15, 0.2) is 17.6 Å². The van der Waals surface area contributed by atoms with Gasteiger partial charge in [0.2, 0.25) is 0 Å². The number of rotatable bonds is 6. The van der Waals surface area contributed by atoms with Gasteiger partial charge in [0.05, 0.1) is 21.7 Å². The van der Waals surface area contributed by atoms with Gasteiger partial charge in [0.15, 0.2) is 5.52 Å². The molecule has 8 nitrogen and oxygen atoms in total. The van der Waals surface area contributed by atoms with Crippen LogP contribution in [-0.4, -0.2) is 40.7 Å². The lowest BCUT2D eigenvalue weighted by Crippen LogP contribution is -2.33. The number of anilines is 1. The van der Waals surface area contributed by atoms with Gasteiger partial charge >= 0.3 is 11.7 Å². The summed E-state index contributed by atoms with van der Waals surface area (Å²) in [6, 6.07) is 2.06. The minimum absolute atomic E-state index is 0.109. The van der Waals surface area contributed by atoms with E-state index in [1.165, 1.54) is 30.0 Å². The Labute approximate surface area is 117 Å². The van der Waals surface area contributed by atoms with E-state index in [0.29, 0.717) is 4.70 Å². The predicted molar refractivity (Wildman–Crippen MR) is 73.2 cm³/mol. The molecule has 1 aromatic heterocycles. The number of thiazole rings is 1. The third-order valence-corrected chi connectivity index (χ3v) is 3.41. The normalized spacial score (nSPS) is 12.2. The zero-order chi connectivity index (χ0) is 14.7. The van der Waals surface area contributed by atoms with Crippen LogP contribution >= 0.6 is 11.3 Å². The van der Waals surface area contributed by atoms with Crippen LogP contribution < -0.4 is 5.32 Å². The Morgan fingerprint density at radius 2 is 2.40 bits per heavy atom. The van der Waals surface area contributed by atoms with Crippen LogP contribution in [0.3, 0.4) is 0 Å². The number of methoxy groups -OCH3 is 1. The topological polar surface area (TPSA) is 115 Å². The summed E-state index contributed by atoms with van der Waals surface area (Å²) in [6.45, 7) is -0.110. The summed E-state index contributed by atoms with van der Waals surface area (Å²) in [7, 11) is 1.36. The van der Waals surface area contributed by atoms with Crippen molar-refractivity contribution in [2.24, 2.45) is 0 Å². The summed E-state index contributed by atoms with van der Waals surface area (Å²) in [6.07, 6.45) is 0. The molecule has 0 aliphatic carbocycles. The van der Waals surface area contributed by atoms with Crippen molar-refractivity contribution >= 4 is 38.9 Å². The van der Waals surface area contributed by atoms with Crippen LogP contribution in [0.5, 0.6) is 0 Å². The Morgan fingerprint density at radius 3 is 3.00 bits per heavy atom. The summed E-state index contributed by atoms with van der Waals surface area (Å²) < 4.78 is 5.45. The lowest BCUT2D eigenvalue weighted by atomic mass is 10.2. The molecule has 0 saturated heterocycles. The maximum atomic E-state index is 11.2. The number of ether oxygens (including phenoxy) is 1. The average molecular weight is 297 g/mol. The molecule has 20 heavy (non-hydrogen) atoms. The zero-order valence-electron chi connectivity index (χ0n) is 10.4. The first kappa shape index (κ1) is 14.2. The molecule has 0 spiro atoms. The molecule has 2 rings (SSSR count). The molecule has 2 N–H and O–H groups in total. The van der Waals surface area contributed by atoms with Gasteiger partial charge in [0.1, 0.15) is 11.7 Å². The van der Waals surface area contributed by atoms with Crippen molar-refractivity contribution in [3.05, 3.63) is 27.8 Å². The van der Waals surface area contributed by atoms with Gasteiger partial charge in [-0.1, -0.05) is 0 Å². The summed E-state index contributed by atoms with van der Waals surface area (Å²) in [4.78, 5) is 25.6. The van der Waals surface area contributed by atoms with Crippen molar-refractivity contribution < 1.29 is 19.6 Å². The fraction of sp³-hybridized carbons (Fsp3) is 0.273. The van der Waals surface area contributed by atoms with Gasteiger partial charge in [-0.2, -0.15) is 0 Å². The lowest BCUT2D eigenvalue weighted by Gasteiger charge is -2.14. The van der Waals surface area contributed by atoms with Gasteiger partial charge < -0.3 is 15.2 Å². The van der Waals surface area contributed by atoms with Gasteiger partial charge in [-0.3, -0.25) is 10.1 Å². The number of nitrogens with one attached hydrogen (secondary N) is 1. The molecule has 1 unspecified atom stereocenters. The quantitative estimate of drug-likeness (QED) is 0.616. The molecule has 0 saturated carbocycles. The lowest BCUT2D eigenvalue weighted by molar-refractivity contribution is -0.382. The minimum Gasteiger partial charge on any atom is -0.480 e. The first-order chi connectivity index (χ1) is 9.54. The molecular formula is C11H11N3O5S. The first-order valence-corrected chi connectivity index (χ1v) is 6.41. The number of aromatic nitrogens is 1. The van der Waals surface area contributed by atoms with Crippen LogP contribution in [0.4, 0.5) is 11.4 Å². The number of fused-ring (bicyclic) bond motifs is 1. The highest BCUT2D eigenvalue weighted by molar-refractivity contribution is 7.16. The highest BCUT2D eigenvalue weighted by atomic mass is 32.1. The second-order valence-electron chi connectivity index (χ2n) is 3.91. The molecule has 0 aliphatic heterocycles. The highest BCUT2D eigenvalue weighted by Crippen LogP contribution is 2.34. The number of benzene rings is 1. The summed E-state index contributed by atoms with van der Waals surface area (Å²) >= 11 is 1.28. The fourth-order valence-corrected chi connectivity index (χ4v) is 2.43.